The second-order valence-electron chi connectivity index (χ2n) is 11.6. The number of benzene rings is 4. The number of imidazole rings is 1. The molecule has 4 aromatic carbocycles. The molecule has 5 nitrogen and oxygen atoms in total. The molecule has 4 heterocycles. The number of anilines is 3. The Morgan fingerprint density at radius 3 is 2.45 bits per heavy atom. The van der Waals surface area contributed by atoms with Crippen molar-refractivity contribution in [1.82, 2.24) is 14.4 Å². The normalized spacial score (nSPS) is 13.0. The van der Waals surface area contributed by atoms with E-state index in [1.54, 1.807) is 11.3 Å². The van der Waals surface area contributed by atoms with Crippen LogP contribution in [-0.4, -0.2) is 21.4 Å². The van der Waals surface area contributed by atoms with E-state index in [4.69, 9.17) is 4.98 Å². The van der Waals surface area contributed by atoms with Crippen LogP contribution in [0.3, 0.4) is 0 Å². The van der Waals surface area contributed by atoms with E-state index in [-0.39, 0.29) is 25.5 Å². The third-order valence-electron chi connectivity index (χ3n) is 7.33. The number of hydrogen-bond donors (Lipinski definition) is 0. The van der Waals surface area contributed by atoms with E-state index in [0.717, 1.165) is 33.6 Å². The van der Waals surface area contributed by atoms with Gasteiger partial charge in [0.05, 0.1) is 11.2 Å². The van der Waals surface area contributed by atoms with Gasteiger partial charge >= 0.3 is 20.1 Å². The fourth-order valence-electron chi connectivity index (χ4n) is 5.65. The second kappa shape index (κ2) is 11.1. The van der Waals surface area contributed by atoms with Crippen molar-refractivity contribution in [3.8, 4) is 0 Å². The van der Waals surface area contributed by atoms with Gasteiger partial charge in [-0.3, -0.25) is 4.98 Å². The van der Waals surface area contributed by atoms with Crippen molar-refractivity contribution in [3.63, 3.8) is 0 Å². The Hall–Kier alpha value is -3.77. The summed E-state index contributed by atoms with van der Waals surface area (Å²) < 4.78 is 2.24. The van der Waals surface area contributed by atoms with Crippen LogP contribution in [0.25, 0.3) is 37.8 Å². The summed E-state index contributed by atoms with van der Waals surface area (Å²) in [5, 5.41) is 3.53. The second-order valence-corrected chi connectivity index (χ2v) is 12.5. The number of thiazole rings is 1. The molecule has 0 radical (unpaired) electrons. The average molecular weight is 745 g/mol. The Kier molecular flexibility index (Phi) is 7.52. The van der Waals surface area contributed by atoms with Crippen LogP contribution in [0.2, 0.25) is 0 Å². The third kappa shape index (κ3) is 5.06. The molecule has 7 heteroatoms. The minimum absolute atomic E-state index is 0. The van der Waals surface area contributed by atoms with Crippen molar-refractivity contribution in [1.29, 1.82) is 0 Å². The molecule has 0 fully saturated rings. The Bertz CT molecular complexity index is 2020. The summed E-state index contributed by atoms with van der Waals surface area (Å²) in [5.41, 5.74) is 9.93. The average Bonchev–Trinajstić information content (AvgIpc) is 3.67. The molecular formula is C35H30IrN5S. The topological polar surface area (TPSA) is 36.7 Å². The molecule has 210 valence electrons. The smallest absolute Gasteiger partial charge is 0.504 e. The van der Waals surface area contributed by atoms with Gasteiger partial charge in [0.15, 0.2) is 5.65 Å². The molecule has 0 aliphatic carbocycles. The molecule has 0 atom stereocenters. The summed E-state index contributed by atoms with van der Waals surface area (Å²) in [6, 6.07) is 36.0. The summed E-state index contributed by atoms with van der Waals surface area (Å²) in [7, 11) is 2.06. The number of pyridine rings is 1. The van der Waals surface area contributed by atoms with E-state index in [0.29, 0.717) is 0 Å². The Labute approximate surface area is 263 Å². The van der Waals surface area contributed by atoms with Crippen LogP contribution >= 0.6 is 11.3 Å². The fraction of sp³-hybridized carbons (Fsp3) is 0.171. The van der Waals surface area contributed by atoms with Gasteiger partial charge in [0, 0.05) is 16.9 Å². The SMILES string of the molecule is CC(C)(C)Cc1ccc2c(c1)c1ccc[c-]c1c1nc3ncsc3n21.CN1[CH-]N(c2[c-]cccc2)c2ccccc21.[Ir+3]. The molecule has 7 aromatic rings. The van der Waals surface area contributed by atoms with Crippen LogP contribution in [0.5, 0.6) is 0 Å². The molecule has 0 N–H and O–H groups in total. The predicted molar refractivity (Wildman–Crippen MR) is 172 cm³/mol. The van der Waals surface area contributed by atoms with E-state index < -0.39 is 0 Å². The molecule has 1 aliphatic heterocycles. The predicted octanol–water partition coefficient (Wildman–Crippen LogP) is 8.83. The van der Waals surface area contributed by atoms with Gasteiger partial charge < -0.3 is 14.2 Å². The number of nitrogens with zero attached hydrogens (tertiary/aromatic N) is 5. The standard InChI is InChI=1S/C21H18N3S.C14H12N2.Ir/c1-21(2,3)11-13-8-9-17-16(10-13)14-6-4-5-7-15(14)19-23-18-20(24(17)19)25-12-22-18;1-15-11-16(12-7-3-2-4-8-12)14-10-6-5-9-13(14)15;/h4-6,8-10,12H,11H2,1-3H3;2-7,9-11H,1H3;/q-1;-2;+3. The van der Waals surface area contributed by atoms with Crippen molar-refractivity contribution in [2.45, 2.75) is 27.2 Å². The number of hydrogen-bond acceptors (Lipinski definition) is 5. The van der Waals surface area contributed by atoms with Crippen molar-refractivity contribution in [2.75, 3.05) is 16.8 Å². The van der Waals surface area contributed by atoms with E-state index in [2.05, 4.69) is 126 Å². The number of rotatable bonds is 2. The van der Waals surface area contributed by atoms with Crippen LogP contribution in [0.15, 0.2) is 90.4 Å². The number of para-hydroxylation sites is 3. The molecule has 42 heavy (non-hydrogen) atoms. The van der Waals surface area contributed by atoms with Gasteiger partial charge in [-0.15, -0.1) is 46.7 Å². The quantitative estimate of drug-likeness (QED) is 0.131. The van der Waals surface area contributed by atoms with Crippen LogP contribution < -0.4 is 9.80 Å². The largest absolute Gasteiger partial charge is 3.00 e. The van der Waals surface area contributed by atoms with Crippen molar-refractivity contribution >= 4 is 66.2 Å². The maximum atomic E-state index is 4.77. The molecule has 0 saturated heterocycles. The molecule has 0 unspecified atom stereocenters. The van der Waals surface area contributed by atoms with E-state index in [1.807, 2.05) is 29.8 Å². The van der Waals surface area contributed by atoms with E-state index in [9.17, 15) is 0 Å². The molecule has 3 aromatic heterocycles. The number of aromatic nitrogens is 3. The van der Waals surface area contributed by atoms with Crippen LogP contribution in [0, 0.1) is 24.2 Å². The minimum atomic E-state index is 0. The zero-order valence-corrected chi connectivity index (χ0v) is 27.1. The van der Waals surface area contributed by atoms with Gasteiger partial charge in [-0.1, -0.05) is 50.4 Å². The van der Waals surface area contributed by atoms with Crippen LogP contribution in [-0.2, 0) is 26.5 Å². The summed E-state index contributed by atoms with van der Waals surface area (Å²) >= 11 is 1.64. The first-order valence-electron chi connectivity index (χ1n) is 13.8. The molecule has 0 saturated carbocycles. The first-order chi connectivity index (χ1) is 19.9. The molecule has 8 rings (SSSR count). The number of fused-ring (bicyclic) bond motifs is 9. The van der Waals surface area contributed by atoms with Gasteiger partial charge in [0.1, 0.15) is 4.83 Å². The van der Waals surface area contributed by atoms with Crippen molar-refractivity contribution in [2.24, 2.45) is 5.41 Å². The molecule has 0 amide bonds. The molecule has 0 bridgehead atoms. The van der Waals surface area contributed by atoms with Crippen LogP contribution in [0.4, 0.5) is 17.1 Å². The first-order valence-corrected chi connectivity index (χ1v) is 14.6. The maximum absolute atomic E-state index is 4.77. The zero-order chi connectivity index (χ0) is 28.1. The molecule has 1 aliphatic rings. The monoisotopic (exact) mass is 745 g/mol. The molecular weight excluding hydrogens is 715 g/mol. The zero-order valence-electron chi connectivity index (χ0n) is 23.9. The summed E-state index contributed by atoms with van der Waals surface area (Å²) in [4.78, 5) is 14.5. The van der Waals surface area contributed by atoms with E-state index >= 15 is 0 Å². The summed E-state index contributed by atoms with van der Waals surface area (Å²) in [6.07, 6.45) is 1.05. The van der Waals surface area contributed by atoms with Gasteiger partial charge in [0.2, 0.25) is 0 Å². The first kappa shape index (κ1) is 28.4. The minimum Gasteiger partial charge on any atom is -0.504 e. The Balaban J connectivity index is 0.000000161. The van der Waals surface area contributed by atoms with E-state index in [1.165, 1.54) is 33.2 Å². The Morgan fingerprint density at radius 2 is 1.67 bits per heavy atom. The van der Waals surface area contributed by atoms with Crippen molar-refractivity contribution in [3.05, 3.63) is 115 Å². The third-order valence-corrected chi connectivity index (χ3v) is 8.12. The van der Waals surface area contributed by atoms with Gasteiger partial charge in [-0.25, -0.2) is 4.98 Å². The fourth-order valence-corrected chi connectivity index (χ4v) is 6.40. The van der Waals surface area contributed by atoms with Crippen LogP contribution in [0.1, 0.15) is 26.3 Å². The summed E-state index contributed by atoms with van der Waals surface area (Å²) in [5.74, 6) is 0. The Morgan fingerprint density at radius 1 is 0.881 bits per heavy atom. The van der Waals surface area contributed by atoms with Crippen molar-refractivity contribution < 1.29 is 20.1 Å². The van der Waals surface area contributed by atoms with Gasteiger partial charge in [0.25, 0.3) is 0 Å². The molecule has 0 spiro atoms. The maximum Gasteiger partial charge on any atom is 3.00 e. The van der Waals surface area contributed by atoms with Gasteiger partial charge in [-0.2, -0.15) is 37.0 Å². The van der Waals surface area contributed by atoms with Gasteiger partial charge in [-0.05, 0) is 48.0 Å². The summed E-state index contributed by atoms with van der Waals surface area (Å²) in [6.45, 7) is 8.92.